The summed E-state index contributed by atoms with van der Waals surface area (Å²) < 4.78 is 26.1. The van der Waals surface area contributed by atoms with E-state index in [4.69, 9.17) is 11.6 Å². The normalized spacial score (nSPS) is 18.6. The molecule has 1 heterocycles. The van der Waals surface area contributed by atoms with Crippen LogP contribution in [0.3, 0.4) is 0 Å². The first kappa shape index (κ1) is 12.8. The molecule has 0 radical (unpaired) electrons. The van der Waals surface area contributed by atoms with Crippen LogP contribution in [0.4, 0.5) is 8.78 Å². The molecule has 2 rings (SSSR count). The molecule has 1 aromatic rings. The van der Waals surface area contributed by atoms with Crippen molar-refractivity contribution in [2.24, 2.45) is 5.92 Å². The lowest BCUT2D eigenvalue weighted by Gasteiger charge is -2.29. The zero-order chi connectivity index (χ0) is 12.4. The van der Waals surface area contributed by atoms with Gasteiger partial charge in [0.1, 0.15) is 0 Å². The van der Waals surface area contributed by atoms with Crippen molar-refractivity contribution < 1.29 is 8.78 Å². The summed E-state index contributed by atoms with van der Waals surface area (Å²) in [5.41, 5.74) is 0.722. The first-order valence-corrected chi connectivity index (χ1v) is 6.26. The summed E-state index contributed by atoms with van der Waals surface area (Å²) in [7, 11) is 2.10. The molecule has 0 spiro atoms. The summed E-state index contributed by atoms with van der Waals surface area (Å²) in [4.78, 5) is 2.28. The van der Waals surface area contributed by atoms with Crippen molar-refractivity contribution in [1.29, 1.82) is 0 Å². The largest absolute Gasteiger partial charge is 0.306 e. The maximum atomic E-state index is 13.1. The summed E-state index contributed by atoms with van der Waals surface area (Å²) in [6, 6.07) is 2.30. The maximum absolute atomic E-state index is 13.1. The predicted molar refractivity (Wildman–Crippen MR) is 65.3 cm³/mol. The summed E-state index contributed by atoms with van der Waals surface area (Å²) in [5.74, 6) is -1.16. The van der Waals surface area contributed by atoms with Crippen LogP contribution in [0.15, 0.2) is 12.1 Å². The van der Waals surface area contributed by atoms with Gasteiger partial charge in [0.15, 0.2) is 11.6 Å². The highest BCUT2D eigenvalue weighted by Crippen LogP contribution is 2.26. The molecule has 0 amide bonds. The van der Waals surface area contributed by atoms with Crippen LogP contribution in [0.5, 0.6) is 0 Å². The van der Waals surface area contributed by atoms with Crippen molar-refractivity contribution in [3.05, 3.63) is 34.4 Å². The first-order valence-electron chi connectivity index (χ1n) is 5.88. The monoisotopic (exact) mass is 259 g/mol. The number of piperidine rings is 1. The zero-order valence-electron chi connectivity index (χ0n) is 9.85. The first-order chi connectivity index (χ1) is 8.06. The predicted octanol–water partition coefficient (Wildman–Crippen LogP) is 3.50. The van der Waals surface area contributed by atoms with Gasteiger partial charge in [0.2, 0.25) is 0 Å². The number of nitrogens with zero attached hydrogens (tertiary/aromatic N) is 1. The van der Waals surface area contributed by atoms with E-state index in [9.17, 15) is 8.78 Å². The van der Waals surface area contributed by atoms with E-state index in [2.05, 4.69) is 11.9 Å². The van der Waals surface area contributed by atoms with E-state index >= 15 is 0 Å². The lowest BCUT2D eigenvalue weighted by molar-refractivity contribution is 0.219. The quantitative estimate of drug-likeness (QED) is 0.735. The topological polar surface area (TPSA) is 3.24 Å². The Labute approximate surface area is 105 Å². The summed E-state index contributed by atoms with van der Waals surface area (Å²) in [6.07, 6.45) is 2.92. The Balaban J connectivity index is 2.06. The van der Waals surface area contributed by atoms with E-state index < -0.39 is 11.6 Å². The molecule has 17 heavy (non-hydrogen) atoms. The molecule has 0 saturated carbocycles. The zero-order valence-corrected chi connectivity index (χ0v) is 10.6. The smallest absolute Gasteiger partial charge is 0.160 e. The molecule has 0 bridgehead atoms. The lowest BCUT2D eigenvalue weighted by atomic mass is 9.90. The second-order valence-electron chi connectivity index (χ2n) is 4.81. The maximum Gasteiger partial charge on any atom is 0.160 e. The fourth-order valence-electron chi connectivity index (χ4n) is 2.30. The average Bonchev–Trinajstić information content (AvgIpc) is 2.29. The molecule has 1 aromatic carbocycles. The van der Waals surface area contributed by atoms with Gasteiger partial charge in [-0.3, -0.25) is 0 Å². The van der Waals surface area contributed by atoms with Crippen LogP contribution in [0, 0.1) is 17.6 Å². The van der Waals surface area contributed by atoms with Crippen molar-refractivity contribution in [2.75, 3.05) is 20.1 Å². The van der Waals surface area contributed by atoms with Gasteiger partial charge in [-0.15, -0.1) is 0 Å². The minimum atomic E-state index is -0.873. The Bertz CT molecular complexity index is 401. The van der Waals surface area contributed by atoms with Crippen molar-refractivity contribution in [3.63, 3.8) is 0 Å². The minimum absolute atomic E-state index is 0.336. The molecule has 4 heteroatoms. The van der Waals surface area contributed by atoms with Crippen molar-refractivity contribution in [2.45, 2.75) is 19.3 Å². The third-order valence-electron chi connectivity index (χ3n) is 3.44. The van der Waals surface area contributed by atoms with Crippen LogP contribution in [0.2, 0.25) is 5.02 Å². The fourth-order valence-corrected chi connectivity index (χ4v) is 2.52. The molecule has 0 N–H and O–H groups in total. The SMILES string of the molecule is CN1CCC(Cc2cc(F)c(F)cc2Cl)CC1. The van der Waals surface area contributed by atoms with E-state index in [0.717, 1.165) is 44.0 Å². The van der Waals surface area contributed by atoms with Gasteiger partial charge in [-0.1, -0.05) is 11.6 Å². The van der Waals surface area contributed by atoms with E-state index in [1.54, 1.807) is 0 Å². The number of hydrogen-bond acceptors (Lipinski definition) is 1. The molecule has 1 aliphatic rings. The van der Waals surface area contributed by atoms with E-state index in [-0.39, 0.29) is 0 Å². The third-order valence-corrected chi connectivity index (χ3v) is 3.79. The van der Waals surface area contributed by atoms with Gasteiger partial charge in [0, 0.05) is 5.02 Å². The fraction of sp³-hybridized carbons (Fsp3) is 0.538. The van der Waals surface area contributed by atoms with Crippen LogP contribution < -0.4 is 0 Å². The number of halogens is 3. The number of hydrogen-bond donors (Lipinski definition) is 0. The Morgan fingerprint density at radius 1 is 1.24 bits per heavy atom. The van der Waals surface area contributed by atoms with Gasteiger partial charge in [0.25, 0.3) is 0 Å². The standard InChI is InChI=1S/C13H16ClF2N/c1-17-4-2-9(3-5-17)6-10-7-12(15)13(16)8-11(10)14/h7-9H,2-6H2,1H3. The second kappa shape index (κ2) is 5.32. The van der Waals surface area contributed by atoms with Crippen molar-refractivity contribution in [1.82, 2.24) is 4.90 Å². The van der Waals surface area contributed by atoms with Crippen LogP contribution in [-0.4, -0.2) is 25.0 Å². The Morgan fingerprint density at radius 3 is 2.47 bits per heavy atom. The molecule has 1 nitrogen and oxygen atoms in total. The highest BCUT2D eigenvalue weighted by Gasteiger charge is 2.19. The summed E-state index contributed by atoms with van der Waals surface area (Å²) >= 11 is 5.93. The van der Waals surface area contributed by atoms with Crippen LogP contribution in [-0.2, 0) is 6.42 Å². The van der Waals surface area contributed by atoms with Crippen LogP contribution in [0.25, 0.3) is 0 Å². The van der Waals surface area contributed by atoms with Gasteiger partial charge in [-0.25, -0.2) is 8.78 Å². The molecule has 1 saturated heterocycles. The Hall–Kier alpha value is -0.670. The molecule has 0 atom stereocenters. The minimum Gasteiger partial charge on any atom is -0.306 e. The van der Waals surface area contributed by atoms with Crippen LogP contribution >= 0.6 is 11.6 Å². The lowest BCUT2D eigenvalue weighted by Crippen LogP contribution is -2.31. The highest BCUT2D eigenvalue weighted by atomic mass is 35.5. The van der Waals surface area contributed by atoms with Crippen molar-refractivity contribution >= 4 is 11.6 Å². The molecular weight excluding hydrogens is 244 g/mol. The number of likely N-dealkylation sites (tertiary alicyclic amines) is 1. The van der Waals surface area contributed by atoms with E-state index in [1.807, 2.05) is 0 Å². The van der Waals surface area contributed by atoms with Crippen LogP contribution in [0.1, 0.15) is 18.4 Å². The van der Waals surface area contributed by atoms with Gasteiger partial charge < -0.3 is 4.90 Å². The molecule has 94 valence electrons. The average molecular weight is 260 g/mol. The molecule has 0 aliphatic carbocycles. The summed E-state index contributed by atoms with van der Waals surface area (Å²) in [6.45, 7) is 2.12. The molecular formula is C13H16ClF2N. The molecule has 0 unspecified atom stereocenters. The number of benzene rings is 1. The number of rotatable bonds is 2. The van der Waals surface area contributed by atoms with E-state index in [1.165, 1.54) is 6.07 Å². The highest BCUT2D eigenvalue weighted by molar-refractivity contribution is 6.31. The van der Waals surface area contributed by atoms with Gasteiger partial charge in [-0.2, -0.15) is 0 Å². The molecule has 0 aromatic heterocycles. The molecule has 1 aliphatic heterocycles. The van der Waals surface area contributed by atoms with Crippen molar-refractivity contribution in [3.8, 4) is 0 Å². The Kier molecular flexibility index (Phi) is 4.00. The molecule has 1 fully saturated rings. The Morgan fingerprint density at radius 2 is 1.82 bits per heavy atom. The van der Waals surface area contributed by atoms with Gasteiger partial charge in [-0.05, 0) is 63.0 Å². The second-order valence-corrected chi connectivity index (χ2v) is 5.22. The third kappa shape index (κ3) is 3.17. The van der Waals surface area contributed by atoms with Gasteiger partial charge in [0.05, 0.1) is 0 Å². The van der Waals surface area contributed by atoms with Gasteiger partial charge >= 0.3 is 0 Å². The summed E-state index contributed by atoms with van der Waals surface area (Å²) in [5, 5.41) is 0.336. The van der Waals surface area contributed by atoms with E-state index in [0.29, 0.717) is 10.9 Å².